The number of benzene rings is 2. The van der Waals surface area contributed by atoms with Crippen LogP contribution in [0.1, 0.15) is 80.8 Å². The lowest BCUT2D eigenvalue weighted by Gasteiger charge is -2.25. The number of rotatable bonds is 7. The minimum Gasteiger partial charge on any atom is -0.507 e. The number of phenolic OH excluding ortho intramolecular Hbond substituents is 1. The van der Waals surface area contributed by atoms with Crippen molar-refractivity contribution in [2.45, 2.75) is 79.6 Å². The first-order valence-corrected chi connectivity index (χ1v) is 10.4. The Kier molecular flexibility index (Phi) is 7.35. The van der Waals surface area contributed by atoms with Crippen molar-refractivity contribution in [3.05, 3.63) is 70.0 Å². The van der Waals surface area contributed by atoms with Gasteiger partial charge in [0.05, 0.1) is 6.26 Å². The highest BCUT2D eigenvalue weighted by atomic mass is 16.5. The van der Waals surface area contributed by atoms with Crippen molar-refractivity contribution in [1.29, 1.82) is 0 Å². The molecular weight excluding hydrogens is 344 g/mol. The molecule has 0 radical (unpaired) electrons. The molecule has 0 bridgehead atoms. The van der Waals surface area contributed by atoms with Gasteiger partial charge in [-0.25, -0.2) is 0 Å². The van der Waals surface area contributed by atoms with Gasteiger partial charge in [0, 0.05) is 12.0 Å². The molecule has 0 atom stereocenters. The molecule has 0 aromatic heterocycles. The predicted octanol–water partition coefficient (Wildman–Crippen LogP) is 7.15. The number of unbranched alkanes of at least 4 members (excludes halogenated alkanes) is 1. The molecule has 0 aliphatic rings. The Morgan fingerprint density at radius 2 is 1.57 bits per heavy atom. The van der Waals surface area contributed by atoms with Gasteiger partial charge in [0.1, 0.15) is 11.5 Å². The maximum atomic E-state index is 10.9. The number of allylic oxidation sites excluding steroid dienone is 1. The van der Waals surface area contributed by atoms with Crippen LogP contribution >= 0.6 is 0 Å². The fraction of sp³-hybridized carbons (Fsp3) is 0.462. The second-order valence-corrected chi connectivity index (χ2v) is 8.85. The molecule has 2 aromatic carbocycles. The largest absolute Gasteiger partial charge is 0.507 e. The van der Waals surface area contributed by atoms with E-state index in [1.54, 1.807) is 6.26 Å². The van der Waals surface area contributed by atoms with Crippen molar-refractivity contribution < 1.29 is 9.84 Å². The summed E-state index contributed by atoms with van der Waals surface area (Å²) in [6, 6.07) is 8.61. The zero-order chi connectivity index (χ0) is 20.9. The summed E-state index contributed by atoms with van der Waals surface area (Å²) in [5.41, 5.74) is 6.71. The average molecular weight is 381 g/mol. The molecule has 0 amide bonds. The molecule has 2 heteroatoms. The van der Waals surface area contributed by atoms with Crippen LogP contribution in [0.3, 0.4) is 0 Å². The number of aromatic hydroxyl groups is 1. The molecule has 1 N–H and O–H groups in total. The van der Waals surface area contributed by atoms with Crippen LogP contribution in [0.5, 0.6) is 11.5 Å². The highest BCUT2D eigenvalue weighted by molar-refractivity contribution is 5.53. The summed E-state index contributed by atoms with van der Waals surface area (Å²) in [6.07, 6.45) is 7.43. The second kappa shape index (κ2) is 9.32. The Balaban J connectivity index is 2.57. The molecule has 2 rings (SSSR count). The summed E-state index contributed by atoms with van der Waals surface area (Å²) < 4.78 is 6.07. The third-order valence-corrected chi connectivity index (χ3v) is 5.03. The van der Waals surface area contributed by atoms with Gasteiger partial charge in [-0.15, -0.1) is 0 Å². The predicted molar refractivity (Wildman–Crippen MR) is 120 cm³/mol. The van der Waals surface area contributed by atoms with E-state index in [-0.39, 0.29) is 5.41 Å². The minimum absolute atomic E-state index is 0.0291. The molecule has 0 spiro atoms. The number of ether oxygens (including phenoxy) is 1. The van der Waals surface area contributed by atoms with Gasteiger partial charge < -0.3 is 9.84 Å². The molecule has 0 saturated heterocycles. The van der Waals surface area contributed by atoms with Crippen molar-refractivity contribution in [1.82, 2.24) is 0 Å². The normalized spacial score (nSPS) is 12.0. The van der Waals surface area contributed by atoms with Gasteiger partial charge >= 0.3 is 0 Å². The number of aryl methyl sites for hydroxylation is 3. The van der Waals surface area contributed by atoms with Crippen molar-refractivity contribution in [3.63, 3.8) is 0 Å². The summed E-state index contributed by atoms with van der Waals surface area (Å²) in [5.74, 6) is 1.35. The van der Waals surface area contributed by atoms with Crippen LogP contribution in [0.25, 0.3) is 0 Å². The second-order valence-electron chi connectivity index (χ2n) is 8.85. The third kappa shape index (κ3) is 5.41. The monoisotopic (exact) mass is 380 g/mol. The van der Waals surface area contributed by atoms with Gasteiger partial charge in [-0.05, 0) is 55.7 Å². The SMILES string of the molecule is CC=COc1c(Cc2cc(C)cc(CCCC)c2O)cc(C)cc1C(C)(C)C. The molecule has 0 unspecified atom stereocenters. The highest BCUT2D eigenvalue weighted by Crippen LogP contribution is 2.38. The van der Waals surface area contributed by atoms with Crippen LogP contribution in [-0.2, 0) is 18.3 Å². The van der Waals surface area contributed by atoms with Crippen LogP contribution in [0.2, 0.25) is 0 Å². The number of hydrogen-bond donors (Lipinski definition) is 1. The maximum absolute atomic E-state index is 10.9. The van der Waals surface area contributed by atoms with E-state index in [4.69, 9.17) is 4.74 Å². The molecule has 2 nitrogen and oxygen atoms in total. The molecule has 28 heavy (non-hydrogen) atoms. The Morgan fingerprint density at radius 3 is 2.18 bits per heavy atom. The molecule has 0 saturated carbocycles. The molecule has 2 aromatic rings. The van der Waals surface area contributed by atoms with E-state index < -0.39 is 0 Å². The fourth-order valence-corrected chi connectivity index (χ4v) is 3.64. The maximum Gasteiger partial charge on any atom is 0.133 e. The minimum atomic E-state index is -0.0291. The molecule has 0 heterocycles. The molecule has 0 fully saturated rings. The van der Waals surface area contributed by atoms with Crippen molar-refractivity contribution in [2.75, 3.05) is 0 Å². The van der Waals surface area contributed by atoms with E-state index in [1.165, 1.54) is 16.7 Å². The zero-order valence-corrected chi connectivity index (χ0v) is 18.6. The fourth-order valence-electron chi connectivity index (χ4n) is 3.64. The van der Waals surface area contributed by atoms with Gasteiger partial charge in [-0.2, -0.15) is 0 Å². The summed E-state index contributed by atoms with van der Waals surface area (Å²) in [7, 11) is 0. The summed E-state index contributed by atoms with van der Waals surface area (Å²) >= 11 is 0. The first-order valence-electron chi connectivity index (χ1n) is 10.4. The summed E-state index contributed by atoms with van der Waals surface area (Å²) in [4.78, 5) is 0. The van der Waals surface area contributed by atoms with Crippen molar-refractivity contribution >= 4 is 0 Å². The zero-order valence-electron chi connectivity index (χ0n) is 18.6. The smallest absolute Gasteiger partial charge is 0.133 e. The topological polar surface area (TPSA) is 29.5 Å². The van der Waals surface area contributed by atoms with Crippen LogP contribution in [0.15, 0.2) is 36.6 Å². The van der Waals surface area contributed by atoms with E-state index in [1.807, 2.05) is 13.0 Å². The Morgan fingerprint density at radius 1 is 0.964 bits per heavy atom. The Labute approximate surface area is 171 Å². The standard InChI is InChI=1S/C26H36O2/c1-8-10-11-20-13-18(3)14-21(24(20)27)17-22-15-19(4)16-23(26(5,6)7)25(22)28-12-9-2/h9,12-16,27H,8,10-11,17H2,1-7H3. The van der Waals surface area contributed by atoms with Gasteiger partial charge in [0.2, 0.25) is 0 Å². The molecule has 0 aliphatic carbocycles. The van der Waals surface area contributed by atoms with E-state index >= 15 is 0 Å². The molecule has 0 aliphatic heterocycles. The lowest BCUT2D eigenvalue weighted by atomic mass is 9.83. The van der Waals surface area contributed by atoms with Gasteiger partial charge in [-0.3, -0.25) is 0 Å². The van der Waals surface area contributed by atoms with E-state index in [0.717, 1.165) is 41.7 Å². The molecule has 152 valence electrons. The van der Waals surface area contributed by atoms with Crippen LogP contribution in [-0.4, -0.2) is 5.11 Å². The van der Waals surface area contributed by atoms with Crippen LogP contribution in [0, 0.1) is 13.8 Å². The quantitative estimate of drug-likeness (QED) is 0.517. The summed E-state index contributed by atoms with van der Waals surface area (Å²) in [5, 5.41) is 10.9. The van der Waals surface area contributed by atoms with E-state index in [0.29, 0.717) is 12.2 Å². The van der Waals surface area contributed by atoms with E-state index in [2.05, 4.69) is 65.8 Å². The van der Waals surface area contributed by atoms with Gasteiger partial charge in [-0.1, -0.05) is 75.6 Å². The summed E-state index contributed by atoms with van der Waals surface area (Å²) in [6.45, 7) is 15.0. The lowest BCUT2D eigenvalue weighted by Crippen LogP contribution is -2.14. The molecular formula is C26H36O2. The first-order chi connectivity index (χ1) is 13.2. The van der Waals surface area contributed by atoms with Gasteiger partial charge in [0.25, 0.3) is 0 Å². The average Bonchev–Trinajstić information content (AvgIpc) is 2.61. The van der Waals surface area contributed by atoms with Crippen molar-refractivity contribution in [3.8, 4) is 11.5 Å². The van der Waals surface area contributed by atoms with Crippen LogP contribution < -0.4 is 4.74 Å². The number of phenols is 1. The van der Waals surface area contributed by atoms with Crippen molar-refractivity contribution in [2.24, 2.45) is 0 Å². The first kappa shape index (κ1) is 22.1. The van der Waals surface area contributed by atoms with Gasteiger partial charge in [0.15, 0.2) is 0 Å². The van der Waals surface area contributed by atoms with E-state index in [9.17, 15) is 5.11 Å². The lowest BCUT2D eigenvalue weighted by molar-refractivity contribution is 0.445. The van der Waals surface area contributed by atoms with Crippen LogP contribution in [0.4, 0.5) is 0 Å². The Bertz CT molecular complexity index is 838. The third-order valence-electron chi connectivity index (χ3n) is 5.03. The number of hydrogen-bond acceptors (Lipinski definition) is 2. The highest BCUT2D eigenvalue weighted by Gasteiger charge is 2.23. The Hall–Kier alpha value is -2.22.